The van der Waals surface area contributed by atoms with Crippen molar-refractivity contribution >= 4 is 0 Å². The molecule has 21 heavy (non-hydrogen) atoms. The summed E-state index contributed by atoms with van der Waals surface area (Å²) < 4.78 is 17.2. The molecule has 2 rings (SSSR count). The molecule has 0 aromatic carbocycles. The fourth-order valence-electron chi connectivity index (χ4n) is 4.01. The molecule has 1 N–H and O–H groups in total. The van der Waals surface area contributed by atoms with Gasteiger partial charge in [-0.15, -0.1) is 0 Å². The van der Waals surface area contributed by atoms with Gasteiger partial charge in [0.1, 0.15) is 0 Å². The van der Waals surface area contributed by atoms with Gasteiger partial charge in [-0.25, -0.2) is 0 Å². The Morgan fingerprint density at radius 2 is 1.86 bits per heavy atom. The van der Waals surface area contributed by atoms with Crippen LogP contribution in [0.4, 0.5) is 0 Å². The Bertz CT molecular complexity index is 327. The summed E-state index contributed by atoms with van der Waals surface area (Å²) in [6.45, 7) is 7.34. The van der Waals surface area contributed by atoms with Crippen LogP contribution in [0.5, 0.6) is 0 Å². The highest BCUT2D eigenvalue weighted by Crippen LogP contribution is 2.51. The zero-order valence-corrected chi connectivity index (χ0v) is 14.2. The van der Waals surface area contributed by atoms with Gasteiger partial charge >= 0.3 is 0 Å². The number of ether oxygens (including phenoxy) is 3. The summed E-state index contributed by atoms with van der Waals surface area (Å²) in [5.41, 5.74) is -0.0755. The molecule has 4 unspecified atom stereocenters. The van der Waals surface area contributed by atoms with Gasteiger partial charge in [0.05, 0.1) is 30.5 Å². The van der Waals surface area contributed by atoms with Crippen molar-refractivity contribution in [2.75, 3.05) is 20.8 Å². The van der Waals surface area contributed by atoms with E-state index in [4.69, 9.17) is 14.2 Å². The van der Waals surface area contributed by atoms with Gasteiger partial charge in [-0.1, -0.05) is 20.8 Å². The van der Waals surface area contributed by atoms with Gasteiger partial charge in [0.15, 0.2) is 0 Å². The van der Waals surface area contributed by atoms with Gasteiger partial charge in [-0.2, -0.15) is 0 Å². The van der Waals surface area contributed by atoms with Crippen LogP contribution in [0.25, 0.3) is 0 Å². The number of hydrogen-bond donors (Lipinski definition) is 1. The molecule has 4 nitrogen and oxygen atoms in total. The van der Waals surface area contributed by atoms with Gasteiger partial charge < -0.3 is 19.3 Å². The Morgan fingerprint density at radius 1 is 1.19 bits per heavy atom. The average Bonchev–Trinajstić information content (AvgIpc) is 3.23. The zero-order valence-electron chi connectivity index (χ0n) is 14.2. The molecular formula is C17H32O4. The molecule has 0 amide bonds. The van der Waals surface area contributed by atoms with Crippen LogP contribution in [0.1, 0.15) is 46.5 Å². The molecule has 1 aliphatic carbocycles. The Labute approximate surface area is 129 Å². The van der Waals surface area contributed by atoms with E-state index < -0.39 is 0 Å². The first-order valence-corrected chi connectivity index (χ1v) is 8.32. The highest BCUT2D eigenvalue weighted by Gasteiger charge is 2.60. The third kappa shape index (κ3) is 3.61. The van der Waals surface area contributed by atoms with Crippen LogP contribution < -0.4 is 0 Å². The molecule has 1 saturated carbocycles. The monoisotopic (exact) mass is 300 g/mol. The van der Waals surface area contributed by atoms with Crippen molar-refractivity contribution < 1.29 is 19.3 Å². The maximum atomic E-state index is 10.6. The molecular weight excluding hydrogens is 268 g/mol. The number of methoxy groups -OCH3 is 2. The van der Waals surface area contributed by atoms with E-state index in [1.165, 1.54) is 0 Å². The van der Waals surface area contributed by atoms with Crippen molar-refractivity contribution in [2.45, 2.75) is 70.4 Å². The Kier molecular flexibility index (Phi) is 5.69. The molecule has 0 radical (unpaired) electrons. The first kappa shape index (κ1) is 17.2. The second-order valence-corrected chi connectivity index (χ2v) is 7.29. The fourth-order valence-corrected chi connectivity index (χ4v) is 4.01. The van der Waals surface area contributed by atoms with E-state index in [-0.39, 0.29) is 35.7 Å². The van der Waals surface area contributed by atoms with E-state index in [1.807, 2.05) is 0 Å². The summed E-state index contributed by atoms with van der Waals surface area (Å²) in [6.07, 6.45) is 3.70. The first-order chi connectivity index (χ1) is 9.95. The lowest BCUT2D eigenvalue weighted by Gasteiger charge is -2.44. The fraction of sp³-hybridized carbons (Fsp3) is 1.00. The van der Waals surface area contributed by atoms with Crippen LogP contribution in [0.3, 0.4) is 0 Å². The summed E-state index contributed by atoms with van der Waals surface area (Å²) >= 11 is 0. The highest BCUT2D eigenvalue weighted by molar-refractivity contribution is 5.09. The molecule has 2 fully saturated rings. The maximum Gasteiger partial charge on any atom is 0.0974 e. The SMILES string of the molecule is COC1CC[C@]2(CO2)C([C@H](C)C(O)CCC(C)C)C1OC. The average molecular weight is 300 g/mol. The molecule has 0 bridgehead atoms. The Hall–Kier alpha value is -0.160. The summed E-state index contributed by atoms with van der Waals surface area (Å²) in [5, 5.41) is 10.6. The van der Waals surface area contributed by atoms with Gasteiger partial charge in [0.25, 0.3) is 0 Å². The predicted octanol–water partition coefficient (Wildman–Crippen LogP) is 2.63. The predicted molar refractivity (Wildman–Crippen MR) is 82.2 cm³/mol. The number of aliphatic hydroxyl groups is 1. The van der Waals surface area contributed by atoms with Crippen LogP contribution in [0.2, 0.25) is 0 Å². The van der Waals surface area contributed by atoms with E-state index in [2.05, 4.69) is 20.8 Å². The molecule has 6 atom stereocenters. The van der Waals surface area contributed by atoms with Crippen molar-refractivity contribution in [3.63, 3.8) is 0 Å². The highest BCUT2D eigenvalue weighted by atomic mass is 16.6. The molecule has 1 saturated heterocycles. The third-order valence-electron chi connectivity index (χ3n) is 5.48. The lowest BCUT2D eigenvalue weighted by molar-refractivity contribution is -0.136. The molecule has 1 heterocycles. The van der Waals surface area contributed by atoms with Crippen LogP contribution >= 0.6 is 0 Å². The van der Waals surface area contributed by atoms with Crippen LogP contribution in [0.15, 0.2) is 0 Å². The van der Waals surface area contributed by atoms with Crippen molar-refractivity contribution in [3.8, 4) is 0 Å². The van der Waals surface area contributed by atoms with Crippen LogP contribution in [0, 0.1) is 17.8 Å². The third-order valence-corrected chi connectivity index (χ3v) is 5.48. The lowest BCUT2D eigenvalue weighted by Crippen LogP contribution is -2.53. The van der Waals surface area contributed by atoms with Crippen LogP contribution in [-0.2, 0) is 14.2 Å². The summed E-state index contributed by atoms with van der Waals surface area (Å²) in [5.74, 6) is 0.992. The minimum atomic E-state index is -0.299. The second kappa shape index (κ2) is 6.95. The second-order valence-electron chi connectivity index (χ2n) is 7.29. The maximum absolute atomic E-state index is 10.6. The number of rotatable bonds is 7. The molecule has 1 spiro atoms. The zero-order chi connectivity index (χ0) is 15.6. The van der Waals surface area contributed by atoms with Gasteiger partial charge in [-0.05, 0) is 37.5 Å². The van der Waals surface area contributed by atoms with Gasteiger partial charge in [0.2, 0.25) is 0 Å². The van der Waals surface area contributed by atoms with E-state index in [1.54, 1.807) is 14.2 Å². The topological polar surface area (TPSA) is 51.2 Å². The van der Waals surface area contributed by atoms with Crippen LogP contribution in [-0.4, -0.2) is 49.8 Å². The standard InChI is InChI=1S/C17H32O4/c1-11(2)6-7-13(18)12(3)15-16(20-5)14(19-4)8-9-17(15)10-21-17/h11-16,18H,6-10H2,1-5H3/t12-,13?,14?,15?,16?,17+/m1/s1. The number of epoxide rings is 1. The quantitative estimate of drug-likeness (QED) is 0.734. The van der Waals surface area contributed by atoms with Gasteiger partial charge in [0, 0.05) is 20.1 Å². The van der Waals surface area contributed by atoms with E-state index in [0.717, 1.165) is 32.3 Å². The number of hydrogen-bond acceptors (Lipinski definition) is 4. The Morgan fingerprint density at radius 3 is 2.33 bits per heavy atom. The molecule has 0 aromatic rings. The summed E-state index contributed by atoms with van der Waals surface area (Å²) in [7, 11) is 3.50. The molecule has 0 aromatic heterocycles. The van der Waals surface area contributed by atoms with Crippen molar-refractivity contribution in [2.24, 2.45) is 17.8 Å². The van der Waals surface area contributed by atoms with Crippen molar-refractivity contribution in [3.05, 3.63) is 0 Å². The first-order valence-electron chi connectivity index (χ1n) is 8.32. The largest absolute Gasteiger partial charge is 0.393 e. The van der Waals surface area contributed by atoms with E-state index in [0.29, 0.717) is 5.92 Å². The summed E-state index contributed by atoms with van der Waals surface area (Å²) in [4.78, 5) is 0. The van der Waals surface area contributed by atoms with E-state index in [9.17, 15) is 5.11 Å². The lowest BCUT2D eigenvalue weighted by atomic mass is 9.68. The van der Waals surface area contributed by atoms with E-state index >= 15 is 0 Å². The van der Waals surface area contributed by atoms with Gasteiger partial charge in [-0.3, -0.25) is 0 Å². The van der Waals surface area contributed by atoms with Crippen molar-refractivity contribution in [1.82, 2.24) is 0 Å². The normalized spacial score (nSPS) is 38.7. The molecule has 2 aliphatic rings. The molecule has 1 aliphatic heterocycles. The summed E-state index contributed by atoms with van der Waals surface area (Å²) in [6, 6.07) is 0. The van der Waals surface area contributed by atoms with Crippen molar-refractivity contribution in [1.29, 1.82) is 0 Å². The molecule has 124 valence electrons. The smallest absolute Gasteiger partial charge is 0.0974 e. The minimum absolute atomic E-state index is 0.00921. The molecule has 4 heteroatoms. The Balaban J connectivity index is 2.08. The minimum Gasteiger partial charge on any atom is -0.393 e. The number of aliphatic hydroxyl groups excluding tert-OH is 1.